The van der Waals surface area contributed by atoms with Crippen LogP contribution >= 0.6 is 0 Å². The monoisotopic (exact) mass is 354 g/mol. The van der Waals surface area contributed by atoms with Crippen LogP contribution in [-0.2, 0) is 9.59 Å². The van der Waals surface area contributed by atoms with Gasteiger partial charge >= 0.3 is 0 Å². The van der Waals surface area contributed by atoms with E-state index in [0.717, 1.165) is 0 Å². The van der Waals surface area contributed by atoms with Crippen LogP contribution in [0.15, 0.2) is 57.8 Å². The van der Waals surface area contributed by atoms with Gasteiger partial charge in [-0.2, -0.15) is 0 Å². The first-order valence-electron chi connectivity index (χ1n) is 8.59. The summed E-state index contributed by atoms with van der Waals surface area (Å²) in [5.74, 6) is 1.10. The van der Waals surface area contributed by atoms with E-state index >= 15 is 0 Å². The van der Waals surface area contributed by atoms with Crippen LogP contribution in [0.2, 0.25) is 0 Å². The summed E-state index contributed by atoms with van der Waals surface area (Å²) in [4.78, 5) is 28.5. The molecule has 136 valence electrons. The standard InChI is InChI=1S/C20H22N2O4/c1-15-13-22(20(24)10-8-18-6-4-12-26-18)16(2)14-21(15)19(23)9-7-17-5-3-11-25-17/h3-12,15-16H,13-14H2,1-2H3/b9-7+,10-8+. The lowest BCUT2D eigenvalue weighted by Crippen LogP contribution is -2.59. The lowest BCUT2D eigenvalue weighted by Gasteiger charge is -2.43. The van der Waals surface area contributed by atoms with Crippen LogP contribution in [0.3, 0.4) is 0 Å². The molecule has 6 nitrogen and oxygen atoms in total. The molecule has 0 N–H and O–H groups in total. The van der Waals surface area contributed by atoms with Crippen LogP contribution in [0, 0.1) is 0 Å². The fraction of sp³-hybridized carbons (Fsp3) is 0.300. The fourth-order valence-corrected chi connectivity index (χ4v) is 3.01. The van der Waals surface area contributed by atoms with Gasteiger partial charge in [-0.3, -0.25) is 9.59 Å². The zero-order valence-electron chi connectivity index (χ0n) is 14.9. The average molecular weight is 354 g/mol. The largest absolute Gasteiger partial charge is 0.465 e. The van der Waals surface area contributed by atoms with E-state index in [1.54, 1.807) is 58.7 Å². The van der Waals surface area contributed by atoms with Gasteiger partial charge in [-0.15, -0.1) is 0 Å². The Hall–Kier alpha value is -3.02. The molecule has 1 saturated heterocycles. The van der Waals surface area contributed by atoms with Crippen molar-refractivity contribution in [3.05, 3.63) is 60.5 Å². The third-order valence-electron chi connectivity index (χ3n) is 4.42. The molecule has 3 rings (SSSR count). The minimum Gasteiger partial charge on any atom is -0.465 e. The Morgan fingerprint density at radius 1 is 0.885 bits per heavy atom. The number of carbonyl (C=O) groups is 2. The van der Waals surface area contributed by atoms with E-state index in [2.05, 4.69) is 0 Å². The van der Waals surface area contributed by atoms with Crippen molar-refractivity contribution in [2.75, 3.05) is 13.1 Å². The van der Waals surface area contributed by atoms with Gasteiger partial charge in [-0.25, -0.2) is 0 Å². The molecule has 26 heavy (non-hydrogen) atoms. The van der Waals surface area contributed by atoms with Gasteiger partial charge in [0.2, 0.25) is 11.8 Å². The first-order chi connectivity index (χ1) is 12.5. The third-order valence-corrected chi connectivity index (χ3v) is 4.42. The van der Waals surface area contributed by atoms with E-state index in [1.807, 2.05) is 13.8 Å². The van der Waals surface area contributed by atoms with Crippen molar-refractivity contribution < 1.29 is 18.4 Å². The molecule has 0 saturated carbocycles. The maximum absolute atomic E-state index is 12.5. The Labute approximate surface area is 152 Å². The van der Waals surface area contributed by atoms with E-state index in [-0.39, 0.29) is 23.9 Å². The zero-order valence-corrected chi connectivity index (χ0v) is 14.9. The Balaban J connectivity index is 1.61. The highest BCUT2D eigenvalue weighted by Crippen LogP contribution is 2.17. The van der Waals surface area contributed by atoms with Gasteiger partial charge in [0.15, 0.2) is 0 Å². The summed E-state index contributed by atoms with van der Waals surface area (Å²) in [6, 6.07) is 6.99. The number of hydrogen-bond donors (Lipinski definition) is 0. The molecule has 0 radical (unpaired) electrons. The van der Waals surface area contributed by atoms with Gasteiger partial charge in [0.1, 0.15) is 11.5 Å². The van der Waals surface area contributed by atoms with Crippen molar-refractivity contribution in [2.45, 2.75) is 25.9 Å². The van der Waals surface area contributed by atoms with Crippen molar-refractivity contribution in [1.29, 1.82) is 0 Å². The summed E-state index contributed by atoms with van der Waals surface area (Å²) in [6.07, 6.45) is 9.46. The van der Waals surface area contributed by atoms with E-state index in [1.165, 1.54) is 12.2 Å². The van der Waals surface area contributed by atoms with Crippen LogP contribution in [-0.4, -0.2) is 46.8 Å². The second-order valence-corrected chi connectivity index (χ2v) is 6.38. The van der Waals surface area contributed by atoms with Gasteiger partial charge in [0.25, 0.3) is 0 Å². The molecule has 6 heteroatoms. The molecule has 1 aliphatic rings. The van der Waals surface area contributed by atoms with Gasteiger partial charge in [0, 0.05) is 37.3 Å². The fourth-order valence-electron chi connectivity index (χ4n) is 3.01. The third kappa shape index (κ3) is 4.14. The molecular formula is C20H22N2O4. The van der Waals surface area contributed by atoms with E-state index in [4.69, 9.17) is 8.83 Å². The molecule has 0 bridgehead atoms. The smallest absolute Gasteiger partial charge is 0.247 e. The number of furan rings is 2. The van der Waals surface area contributed by atoms with Crippen molar-refractivity contribution >= 4 is 24.0 Å². The van der Waals surface area contributed by atoms with Crippen LogP contribution in [0.5, 0.6) is 0 Å². The Morgan fingerprint density at radius 2 is 1.31 bits per heavy atom. The Kier molecular flexibility index (Phi) is 5.41. The molecule has 2 aromatic heterocycles. The highest BCUT2D eigenvalue weighted by atomic mass is 16.3. The highest BCUT2D eigenvalue weighted by Gasteiger charge is 2.32. The van der Waals surface area contributed by atoms with Crippen LogP contribution in [0.1, 0.15) is 25.4 Å². The lowest BCUT2D eigenvalue weighted by atomic mass is 10.1. The predicted molar refractivity (Wildman–Crippen MR) is 97.8 cm³/mol. The van der Waals surface area contributed by atoms with E-state index < -0.39 is 0 Å². The molecule has 0 aromatic carbocycles. The highest BCUT2D eigenvalue weighted by molar-refractivity contribution is 5.93. The normalized spacial score (nSPS) is 21.0. The second-order valence-electron chi connectivity index (χ2n) is 6.38. The summed E-state index contributed by atoms with van der Waals surface area (Å²) < 4.78 is 10.4. The predicted octanol–water partition coefficient (Wildman–Crippen LogP) is 3.05. The molecule has 2 amide bonds. The maximum Gasteiger partial charge on any atom is 0.247 e. The summed E-state index contributed by atoms with van der Waals surface area (Å²) in [7, 11) is 0. The first kappa shape index (κ1) is 17.8. The molecule has 2 unspecified atom stereocenters. The zero-order chi connectivity index (χ0) is 18.5. The van der Waals surface area contributed by atoms with E-state index in [0.29, 0.717) is 24.6 Å². The Bertz CT molecular complexity index is 722. The van der Waals surface area contributed by atoms with Gasteiger partial charge in [0.05, 0.1) is 12.5 Å². The van der Waals surface area contributed by atoms with Crippen molar-refractivity contribution in [2.24, 2.45) is 0 Å². The number of piperazine rings is 1. The van der Waals surface area contributed by atoms with Crippen molar-refractivity contribution in [3.8, 4) is 0 Å². The van der Waals surface area contributed by atoms with Crippen LogP contribution in [0.4, 0.5) is 0 Å². The molecule has 2 atom stereocenters. The molecule has 2 aromatic rings. The quantitative estimate of drug-likeness (QED) is 0.792. The molecule has 0 spiro atoms. The molecule has 0 aliphatic carbocycles. The Morgan fingerprint density at radius 3 is 1.65 bits per heavy atom. The van der Waals surface area contributed by atoms with E-state index in [9.17, 15) is 9.59 Å². The molecule has 1 fully saturated rings. The molecule has 1 aliphatic heterocycles. The number of nitrogens with zero attached hydrogens (tertiary/aromatic N) is 2. The lowest BCUT2D eigenvalue weighted by molar-refractivity contribution is -0.139. The number of rotatable bonds is 4. The minimum atomic E-state index is -0.0843. The van der Waals surface area contributed by atoms with Gasteiger partial charge in [-0.1, -0.05) is 0 Å². The van der Waals surface area contributed by atoms with Crippen LogP contribution in [0.25, 0.3) is 12.2 Å². The number of amides is 2. The summed E-state index contributed by atoms with van der Waals surface area (Å²) >= 11 is 0. The van der Waals surface area contributed by atoms with Crippen LogP contribution < -0.4 is 0 Å². The second kappa shape index (κ2) is 7.91. The molecular weight excluding hydrogens is 332 g/mol. The topological polar surface area (TPSA) is 66.9 Å². The van der Waals surface area contributed by atoms with Crippen molar-refractivity contribution in [1.82, 2.24) is 9.80 Å². The summed E-state index contributed by atoms with van der Waals surface area (Å²) in [6.45, 7) is 4.87. The van der Waals surface area contributed by atoms with Gasteiger partial charge in [-0.05, 0) is 50.3 Å². The average Bonchev–Trinajstić information content (AvgIpc) is 3.32. The number of hydrogen-bond acceptors (Lipinski definition) is 4. The SMILES string of the molecule is CC1CN(C(=O)/C=C/c2ccco2)C(C)CN1C(=O)/C=C/c1ccco1. The molecule has 3 heterocycles. The number of carbonyl (C=O) groups excluding carboxylic acids is 2. The summed E-state index contributed by atoms with van der Waals surface area (Å²) in [5.41, 5.74) is 0. The minimum absolute atomic E-state index is 0.0686. The first-order valence-corrected chi connectivity index (χ1v) is 8.59. The summed E-state index contributed by atoms with van der Waals surface area (Å²) in [5, 5.41) is 0. The van der Waals surface area contributed by atoms with Crippen molar-refractivity contribution in [3.63, 3.8) is 0 Å². The maximum atomic E-state index is 12.5. The van der Waals surface area contributed by atoms with Gasteiger partial charge < -0.3 is 18.6 Å².